The van der Waals surface area contributed by atoms with Gasteiger partial charge in [0.1, 0.15) is 18.0 Å². The first-order valence-corrected chi connectivity index (χ1v) is 8.67. The number of aromatic nitrogens is 3. The Hall–Kier alpha value is -0.914. The molecule has 2 saturated heterocycles. The van der Waals surface area contributed by atoms with Crippen LogP contribution in [-0.4, -0.2) is 96.7 Å². The van der Waals surface area contributed by atoms with Crippen LogP contribution in [0.2, 0.25) is 0 Å². The third-order valence-electron chi connectivity index (χ3n) is 4.13. The predicted molar refractivity (Wildman–Crippen MR) is 98.5 cm³/mol. The van der Waals surface area contributed by atoms with Gasteiger partial charge in [0.25, 0.3) is 11.1 Å². The predicted octanol–water partition coefficient (Wildman–Crippen LogP) is 1.91. The Morgan fingerprint density at radius 2 is 2.00 bits per heavy atom. The van der Waals surface area contributed by atoms with Crippen molar-refractivity contribution in [2.75, 3.05) is 18.0 Å². The summed E-state index contributed by atoms with van der Waals surface area (Å²) in [6.45, 7) is 1.15. The standard InChI is InChI=1S/C16H14FN5O2S.K/c17-9-3-5-22(6-4-9)14-13-11(18-8-19-14)2-1-10(20-13)7-12-15(23)21-16(24)25-12;/h1-2,7-9H,3-6H2,(H,21,23,24);/b12-7-;. The van der Waals surface area contributed by atoms with Gasteiger partial charge >= 0.3 is 0 Å². The molecule has 0 aromatic carbocycles. The Balaban J connectivity index is 0.00000196. The molecule has 0 unspecified atom stereocenters. The quantitative estimate of drug-likeness (QED) is 0.611. The van der Waals surface area contributed by atoms with E-state index in [4.69, 9.17) is 0 Å². The van der Waals surface area contributed by atoms with Gasteiger partial charge in [-0.1, -0.05) is 0 Å². The zero-order chi connectivity index (χ0) is 17.4. The average molecular weight is 398 g/mol. The van der Waals surface area contributed by atoms with Crippen molar-refractivity contribution >= 4 is 97.2 Å². The number of hydrogen-bond acceptors (Lipinski definition) is 7. The van der Waals surface area contributed by atoms with Gasteiger partial charge in [-0.2, -0.15) is 0 Å². The van der Waals surface area contributed by atoms with Gasteiger partial charge in [0.2, 0.25) is 0 Å². The van der Waals surface area contributed by atoms with Crippen LogP contribution >= 0.6 is 11.8 Å². The smallest absolute Gasteiger partial charge is 0.290 e. The van der Waals surface area contributed by atoms with E-state index in [1.165, 1.54) is 6.33 Å². The maximum atomic E-state index is 13.4. The van der Waals surface area contributed by atoms with Crippen LogP contribution in [0.5, 0.6) is 0 Å². The zero-order valence-electron chi connectivity index (χ0n) is 14.1. The normalized spacial score (nSPS) is 19.7. The first-order valence-electron chi connectivity index (χ1n) is 7.86. The van der Waals surface area contributed by atoms with Crippen molar-refractivity contribution in [3.8, 4) is 0 Å². The summed E-state index contributed by atoms with van der Waals surface area (Å²) >= 11 is 0.845. The molecule has 2 aliphatic heterocycles. The monoisotopic (exact) mass is 398 g/mol. The molecule has 0 aliphatic carbocycles. The van der Waals surface area contributed by atoms with E-state index in [0.717, 1.165) is 11.8 Å². The van der Waals surface area contributed by atoms with Crippen molar-refractivity contribution in [1.82, 2.24) is 20.3 Å². The molecule has 26 heavy (non-hydrogen) atoms. The van der Waals surface area contributed by atoms with Crippen molar-refractivity contribution in [3.63, 3.8) is 0 Å². The van der Waals surface area contributed by atoms with Crippen molar-refractivity contribution in [1.29, 1.82) is 0 Å². The molecular formula is C16H14FKN5O2S. The first kappa shape index (κ1) is 19.8. The largest absolute Gasteiger partial charge is 0.354 e. The van der Waals surface area contributed by atoms with Crippen LogP contribution < -0.4 is 10.2 Å². The molecule has 2 amide bonds. The SMILES string of the molecule is O=C1NC(=O)/C(=C/c2ccc3ncnc(N4CCC(F)CC4)c3n2)S1.[K]. The Bertz CT molecular complexity index is 901. The fourth-order valence-corrected chi connectivity index (χ4v) is 3.54. The summed E-state index contributed by atoms with van der Waals surface area (Å²) in [5.41, 5.74) is 1.81. The van der Waals surface area contributed by atoms with Gasteiger partial charge in [-0.25, -0.2) is 19.3 Å². The number of nitrogens with one attached hydrogen (secondary N) is 1. The van der Waals surface area contributed by atoms with Crippen LogP contribution in [0.25, 0.3) is 17.1 Å². The fourth-order valence-electron chi connectivity index (χ4n) is 2.87. The van der Waals surface area contributed by atoms with Crippen molar-refractivity contribution < 1.29 is 14.0 Å². The molecule has 4 heterocycles. The number of halogens is 1. The second kappa shape index (κ2) is 8.40. The van der Waals surface area contributed by atoms with Crippen LogP contribution in [0.4, 0.5) is 15.0 Å². The van der Waals surface area contributed by atoms with Gasteiger partial charge < -0.3 is 4.90 Å². The second-order valence-electron chi connectivity index (χ2n) is 5.82. The molecule has 2 aromatic heterocycles. The Morgan fingerprint density at radius 1 is 1.23 bits per heavy atom. The van der Waals surface area contributed by atoms with Gasteiger partial charge in [0.15, 0.2) is 5.82 Å². The number of carbonyl (C=O) groups excluding carboxylic acids is 2. The number of imide groups is 1. The molecular weight excluding hydrogens is 384 g/mol. The third-order valence-corrected chi connectivity index (χ3v) is 4.94. The Labute approximate surface area is 195 Å². The molecule has 1 radical (unpaired) electrons. The molecule has 129 valence electrons. The number of alkyl halides is 1. The van der Waals surface area contributed by atoms with Crippen LogP contribution in [0.1, 0.15) is 18.5 Å². The number of pyridine rings is 1. The molecule has 2 aromatic rings. The van der Waals surface area contributed by atoms with E-state index in [9.17, 15) is 14.0 Å². The number of rotatable bonds is 2. The van der Waals surface area contributed by atoms with Crippen molar-refractivity contribution in [3.05, 3.63) is 29.1 Å². The van der Waals surface area contributed by atoms with E-state index in [2.05, 4.69) is 20.3 Å². The third kappa shape index (κ3) is 4.15. The summed E-state index contributed by atoms with van der Waals surface area (Å²) in [6, 6.07) is 3.53. The van der Waals surface area contributed by atoms with Crippen LogP contribution in [0.3, 0.4) is 0 Å². The maximum absolute atomic E-state index is 13.4. The summed E-state index contributed by atoms with van der Waals surface area (Å²) in [5.74, 6) is 0.239. The van der Waals surface area contributed by atoms with E-state index in [0.29, 0.717) is 53.4 Å². The molecule has 10 heteroatoms. The van der Waals surface area contributed by atoms with Crippen molar-refractivity contribution in [2.45, 2.75) is 19.0 Å². The molecule has 7 nitrogen and oxygen atoms in total. The molecule has 0 spiro atoms. The number of nitrogens with zero attached hydrogens (tertiary/aromatic N) is 4. The molecule has 0 saturated carbocycles. The van der Waals surface area contributed by atoms with Gasteiger partial charge in [-0.05, 0) is 42.8 Å². The minimum absolute atomic E-state index is 0. The minimum atomic E-state index is -0.770. The summed E-state index contributed by atoms with van der Waals surface area (Å²) in [4.78, 5) is 38.3. The number of hydrogen-bond donors (Lipinski definition) is 1. The summed E-state index contributed by atoms with van der Waals surface area (Å²) in [6.07, 6.45) is 3.20. The molecule has 2 aliphatic rings. The molecule has 0 atom stereocenters. The summed E-state index contributed by atoms with van der Waals surface area (Å²) < 4.78 is 13.4. The van der Waals surface area contributed by atoms with Gasteiger partial charge in [-0.15, -0.1) is 0 Å². The summed E-state index contributed by atoms with van der Waals surface area (Å²) in [5, 5.41) is 1.82. The number of piperidine rings is 1. The number of thioether (sulfide) groups is 1. The molecule has 1 N–H and O–H groups in total. The number of amides is 2. The minimum Gasteiger partial charge on any atom is -0.354 e. The molecule has 4 rings (SSSR count). The van der Waals surface area contributed by atoms with E-state index in [1.54, 1.807) is 18.2 Å². The number of carbonyl (C=O) groups is 2. The van der Waals surface area contributed by atoms with Gasteiger partial charge in [0.05, 0.1) is 16.1 Å². The first-order chi connectivity index (χ1) is 12.1. The Kier molecular flexibility index (Phi) is 6.41. The van der Waals surface area contributed by atoms with Gasteiger partial charge in [-0.3, -0.25) is 14.9 Å². The van der Waals surface area contributed by atoms with E-state index < -0.39 is 17.3 Å². The zero-order valence-corrected chi connectivity index (χ0v) is 18.0. The van der Waals surface area contributed by atoms with E-state index in [1.807, 2.05) is 4.90 Å². The topological polar surface area (TPSA) is 88.1 Å². The van der Waals surface area contributed by atoms with Gasteiger partial charge in [0, 0.05) is 64.5 Å². The van der Waals surface area contributed by atoms with E-state index >= 15 is 0 Å². The van der Waals surface area contributed by atoms with Crippen molar-refractivity contribution in [2.24, 2.45) is 0 Å². The number of fused-ring (bicyclic) bond motifs is 1. The van der Waals surface area contributed by atoms with E-state index in [-0.39, 0.29) is 51.4 Å². The molecule has 2 fully saturated rings. The Morgan fingerprint density at radius 3 is 2.69 bits per heavy atom. The summed E-state index contributed by atoms with van der Waals surface area (Å²) in [7, 11) is 0. The number of anilines is 1. The van der Waals surface area contributed by atoms with Crippen LogP contribution in [0, 0.1) is 0 Å². The fraction of sp³-hybridized carbons (Fsp3) is 0.312. The second-order valence-corrected chi connectivity index (χ2v) is 6.83. The van der Waals surface area contributed by atoms with Crippen LogP contribution in [0.15, 0.2) is 23.4 Å². The molecule has 0 bridgehead atoms. The average Bonchev–Trinajstić information content (AvgIpc) is 2.92. The van der Waals surface area contributed by atoms with Crippen LogP contribution in [-0.2, 0) is 4.79 Å². The maximum Gasteiger partial charge on any atom is 0.290 e.